The number of nitrogens with zero attached hydrogens (tertiary/aromatic N) is 1. The molecule has 32 valence electrons. The van der Waals surface area contributed by atoms with E-state index in [1.807, 2.05) is 0 Å². The van der Waals surface area contributed by atoms with Crippen LogP contribution in [0, 0.1) is 10.1 Å². The zero-order valence-electron chi connectivity index (χ0n) is 2.26. The van der Waals surface area contributed by atoms with Gasteiger partial charge in [-0.05, 0) is 0 Å². The molecule has 0 aromatic carbocycles. The van der Waals surface area contributed by atoms with E-state index in [1.165, 1.54) is 0 Å². The van der Waals surface area contributed by atoms with E-state index in [1.54, 1.807) is 0 Å². The molecule has 0 spiro atoms. The molecule has 3 heteroatoms. The lowest BCUT2D eigenvalue weighted by atomic mass is 11.5. The van der Waals surface area contributed by atoms with E-state index in [2.05, 4.69) is 0 Å². The van der Waals surface area contributed by atoms with E-state index in [0.29, 0.717) is 0 Å². The first-order chi connectivity index (χ1) is 1.73. The van der Waals surface area contributed by atoms with Crippen LogP contribution in [0.15, 0.2) is 0 Å². The third-order valence-electron chi connectivity index (χ3n) is 0. The van der Waals surface area contributed by atoms with Crippen LogP contribution in [-0.4, -0.2) is 12.0 Å². The summed E-state index contributed by atoms with van der Waals surface area (Å²) >= 11 is 0. The Labute approximate surface area is 30.8 Å². The van der Waals surface area contributed by atoms with Gasteiger partial charge >= 0.3 is 0 Å². The van der Waals surface area contributed by atoms with Gasteiger partial charge in [0.05, 0.1) is 0 Å². The van der Waals surface area contributed by atoms with Gasteiger partial charge < -0.3 is 0 Å². The van der Waals surface area contributed by atoms with Crippen molar-refractivity contribution >= 4 is 0 Å². The summed E-state index contributed by atoms with van der Waals surface area (Å²) in [6.45, 7) is 0. The van der Waals surface area contributed by atoms with Gasteiger partial charge in [0.25, 0.3) is 0 Å². The molecular formula is C2H7NO2. The number of hydrogen-bond donors (Lipinski definition) is 0. The van der Waals surface area contributed by atoms with Gasteiger partial charge in [0, 0.05) is 4.92 Å². The molecule has 0 aromatic rings. The number of hydrogen-bond acceptors (Lipinski definition) is 2. The van der Waals surface area contributed by atoms with Crippen LogP contribution in [0.3, 0.4) is 0 Å². The normalized spacial score (nSPS) is 5.00. The zero-order valence-corrected chi connectivity index (χ0v) is 2.26. The van der Waals surface area contributed by atoms with Gasteiger partial charge in [-0.2, -0.15) is 0 Å². The maximum Gasteiger partial charge on any atom is 0.194 e. The minimum atomic E-state index is -0.500. The molecule has 0 radical (unpaired) electrons. The SMILES string of the molecule is C.C[N+](=O)[O-]. The average molecular weight is 77.1 g/mol. The Morgan fingerprint density at radius 1 is 1.80 bits per heavy atom. The Kier molecular flexibility index (Phi) is 6.00. The van der Waals surface area contributed by atoms with Crippen LogP contribution in [0.1, 0.15) is 7.43 Å². The molecule has 0 fully saturated rings. The van der Waals surface area contributed by atoms with Gasteiger partial charge in [-0.3, -0.25) is 10.1 Å². The molecule has 3 nitrogen and oxygen atoms in total. The molecule has 0 bridgehead atoms. The van der Waals surface area contributed by atoms with Crippen molar-refractivity contribution in [3.05, 3.63) is 10.1 Å². The molecule has 0 amide bonds. The molecule has 5 heavy (non-hydrogen) atoms. The van der Waals surface area contributed by atoms with Crippen LogP contribution in [0.4, 0.5) is 0 Å². The standard InChI is InChI=1S/CH3NO2.CH4/c1-2(3)4;/h1H3;1H4. The van der Waals surface area contributed by atoms with E-state index >= 15 is 0 Å². The molecule has 0 aliphatic heterocycles. The van der Waals surface area contributed by atoms with Crippen molar-refractivity contribution < 1.29 is 4.92 Å². The molecule has 0 aliphatic rings. The number of rotatable bonds is 0. The number of nitro groups is 1. The third kappa shape index (κ3) is 18.5. The topological polar surface area (TPSA) is 43.1 Å². The lowest BCUT2D eigenvalue weighted by molar-refractivity contribution is -0.445. The molecule has 0 atom stereocenters. The predicted octanol–water partition coefficient (Wildman–Crippen LogP) is 0.529. The van der Waals surface area contributed by atoms with E-state index in [-0.39, 0.29) is 7.43 Å². The zero-order chi connectivity index (χ0) is 3.58. The van der Waals surface area contributed by atoms with Gasteiger partial charge in [-0.25, -0.2) is 0 Å². The maximum atomic E-state index is 8.81. The highest BCUT2D eigenvalue weighted by Crippen LogP contribution is 1.39. The fourth-order valence-corrected chi connectivity index (χ4v) is 0. The quantitative estimate of drug-likeness (QED) is 0.312. The Hall–Kier alpha value is -0.600. The van der Waals surface area contributed by atoms with Crippen molar-refractivity contribution in [3.63, 3.8) is 0 Å². The van der Waals surface area contributed by atoms with Crippen LogP contribution in [-0.2, 0) is 0 Å². The van der Waals surface area contributed by atoms with Crippen molar-refractivity contribution in [2.24, 2.45) is 0 Å². The lowest BCUT2D eigenvalue weighted by Crippen LogP contribution is -1.79. The van der Waals surface area contributed by atoms with Crippen molar-refractivity contribution in [2.75, 3.05) is 7.05 Å². The van der Waals surface area contributed by atoms with Crippen LogP contribution < -0.4 is 0 Å². The summed E-state index contributed by atoms with van der Waals surface area (Å²) in [6.07, 6.45) is 0. The second kappa shape index (κ2) is 3.40. The van der Waals surface area contributed by atoms with Crippen LogP contribution in [0.2, 0.25) is 0 Å². The molecule has 0 aromatic heterocycles. The van der Waals surface area contributed by atoms with Gasteiger partial charge in [-0.1, -0.05) is 7.43 Å². The molecule has 0 unspecified atom stereocenters. The summed E-state index contributed by atoms with van der Waals surface area (Å²) < 4.78 is 0. The Morgan fingerprint density at radius 3 is 1.80 bits per heavy atom. The fourth-order valence-electron chi connectivity index (χ4n) is 0. The van der Waals surface area contributed by atoms with Crippen molar-refractivity contribution in [1.29, 1.82) is 0 Å². The maximum absolute atomic E-state index is 8.81. The Morgan fingerprint density at radius 2 is 1.80 bits per heavy atom. The second-order valence-electron chi connectivity index (χ2n) is 0.440. The van der Waals surface area contributed by atoms with Gasteiger partial charge in [0.15, 0.2) is 7.05 Å². The molecule has 0 saturated carbocycles. The Balaban J connectivity index is 0. The lowest BCUT2D eigenvalue weighted by Gasteiger charge is -1.63. The summed E-state index contributed by atoms with van der Waals surface area (Å²) in [4.78, 5) is 8.31. The van der Waals surface area contributed by atoms with E-state index in [4.69, 9.17) is 10.1 Å². The average Bonchev–Trinajstić information content (AvgIpc) is 0.811. The van der Waals surface area contributed by atoms with Gasteiger partial charge in [0.1, 0.15) is 0 Å². The first-order valence-electron chi connectivity index (χ1n) is 0.812. The third-order valence-corrected chi connectivity index (χ3v) is 0. The monoisotopic (exact) mass is 77.0 g/mol. The largest absolute Gasteiger partial charge is 0.265 e. The van der Waals surface area contributed by atoms with E-state index < -0.39 is 4.92 Å². The molecule has 0 rings (SSSR count). The molecule has 0 heterocycles. The Bertz CT molecular complexity index is 30.6. The van der Waals surface area contributed by atoms with Crippen LogP contribution in [0.25, 0.3) is 0 Å². The van der Waals surface area contributed by atoms with Gasteiger partial charge in [0.2, 0.25) is 0 Å². The fraction of sp³-hybridized carbons (Fsp3) is 1.00. The van der Waals surface area contributed by atoms with Crippen LogP contribution >= 0.6 is 0 Å². The summed E-state index contributed by atoms with van der Waals surface area (Å²) in [5, 5.41) is 8.81. The minimum Gasteiger partial charge on any atom is -0.265 e. The molecular weight excluding hydrogens is 70.0 g/mol. The van der Waals surface area contributed by atoms with E-state index in [0.717, 1.165) is 7.05 Å². The molecule has 0 saturated heterocycles. The van der Waals surface area contributed by atoms with Gasteiger partial charge in [-0.15, -0.1) is 0 Å². The van der Waals surface area contributed by atoms with Crippen molar-refractivity contribution in [2.45, 2.75) is 7.43 Å². The highest BCUT2D eigenvalue weighted by Gasteiger charge is 1.57. The first-order valence-corrected chi connectivity index (χ1v) is 0.812. The van der Waals surface area contributed by atoms with Crippen molar-refractivity contribution in [3.8, 4) is 0 Å². The highest BCUT2D eigenvalue weighted by molar-refractivity contribution is 3.91. The second-order valence-corrected chi connectivity index (χ2v) is 0.440. The van der Waals surface area contributed by atoms with Crippen molar-refractivity contribution in [1.82, 2.24) is 0 Å². The molecule has 0 N–H and O–H groups in total. The summed E-state index contributed by atoms with van der Waals surface area (Å²) in [5.41, 5.74) is 0. The minimum absolute atomic E-state index is 0. The predicted molar refractivity (Wildman–Crippen MR) is 19.6 cm³/mol. The molecule has 0 aliphatic carbocycles. The summed E-state index contributed by atoms with van der Waals surface area (Å²) in [6, 6.07) is 0. The summed E-state index contributed by atoms with van der Waals surface area (Å²) in [5.74, 6) is 0. The highest BCUT2D eigenvalue weighted by atomic mass is 16.6. The smallest absolute Gasteiger partial charge is 0.194 e. The van der Waals surface area contributed by atoms with Crippen LogP contribution in [0.5, 0.6) is 0 Å². The van der Waals surface area contributed by atoms with E-state index in [9.17, 15) is 0 Å². The first kappa shape index (κ1) is 8.83. The summed E-state index contributed by atoms with van der Waals surface area (Å²) in [7, 11) is 0.889.